The van der Waals surface area contributed by atoms with Gasteiger partial charge in [0.15, 0.2) is 11.5 Å². The van der Waals surface area contributed by atoms with Crippen LogP contribution in [0.4, 0.5) is 8.78 Å². The normalized spacial score (nSPS) is 10.5. The number of phenols is 1. The zero-order valence-electron chi connectivity index (χ0n) is 8.12. The molecule has 1 rings (SSSR count). The lowest BCUT2D eigenvalue weighted by atomic mass is 10.1. The number of hydrogen-bond donors (Lipinski definition) is 1. The molecule has 0 aliphatic rings. The van der Waals surface area contributed by atoms with Gasteiger partial charge in [0, 0.05) is 6.42 Å². The fourth-order valence-corrected chi connectivity index (χ4v) is 1.33. The first kappa shape index (κ1) is 12.9. The number of Topliss-reactive ketones (excluding diaryl/α,β-unsaturated/α-hetero) is 1. The number of rotatable bonds is 5. The number of benzene rings is 1. The summed E-state index contributed by atoms with van der Waals surface area (Å²) in [5.74, 6) is -0.793. The molecule has 0 unspecified atom stereocenters. The van der Waals surface area contributed by atoms with Crippen LogP contribution in [0.15, 0.2) is 18.2 Å². The summed E-state index contributed by atoms with van der Waals surface area (Å²) >= 11 is 3.00. The molecule has 0 radical (unpaired) electrons. The third-order valence-electron chi connectivity index (χ3n) is 1.79. The molecule has 0 spiro atoms. The van der Waals surface area contributed by atoms with E-state index in [-0.39, 0.29) is 29.0 Å². The molecule has 0 amide bonds. The van der Waals surface area contributed by atoms with E-state index >= 15 is 0 Å². The van der Waals surface area contributed by atoms with Gasteiger partial charge in [-0.05, 0) is 17.7 Å². The zero-order chi connectivity index (χ0) is 12.1. The zero-order valence-corrected chi connectivity index (χ0v) is 9.71. The van der Waals surface area contributed by atoms with Crippen LogP contribution in [-0.4, -0.2) is 22.8 Å². The van der Waals surface area contributed by atoms with E-state index in [4.69, 9.17) is 0 Å². The lowest BCUT2D eigenvalue weighted by Crippen LogP contribution is -2.05. The molecule has 0 atom stereocenters. The van der Waals surface area contributed by atoms with Crippen molar-refractivity contribution in [3.05, 3.63) is 23.8 Å². The molecule has 1 N–H and O–H groups in total. The second kappa shape index (κ2) is 5.79. The van der Waals surface area contributed by atoms with Crippen LogP contribution in [0, 0.1) is 0 Å². The number of ether oxygens (including phenoxy) is 1. The Labute approximate surface area is 99.2 Å². The van der Waals surface area contributed by atoms with Crippen LogP contribution in [0.25, 0.3) is 0 Å². The van der Waals surface area contributed by atoms with Crippen molar-refractivity contribution in [2.45, 2.75) is 13.0 Å². The van der Waals surface area contributed by atoms with E-state index in [1.165, 1.54) is 18.2 Å². The third kappa shape index (κ3) is 3.77. The van der Waals surface area contributed by atoms with Gasteiger partial charge < -0.3 is 9.84 Å². The summed E-state index contributed by atoms with van der Waals surface area (Å²) in [4.78, 5) is 11.1. The van der Waals surface area contributed by atoms with Crippen LogP contribution in [-0.2, 0) is 11.2 Å². The minimum Gasteiger partial charge on any atom is -0.504 e. The summed E-state index contributed by atoms with van der Waals surface area (Å²) in [7, 11) is 0. The minimum absolute atomic E-state index is 0.0892. The van der Waals surface area contributed by atoms with Crippen molar-refractivity contribution in [2.24, 2.45) is 0 Å². The quantitative estimate of drug-likeness (QED) is 0.849. The SMILES string of the molecule is O=C(CBr)Cc1ccc(O)c(OC(F)F)c1. The van der Waals surface area contributed by atoms with Gasteiger partial charge in [-0.25, -0.2) is 0 Å². The van der Waals surface area contributed by atoms with Crippen LogP contribution in [0.2, 0.25) is 0 Å². The maximum Gasteiger partial charge on any atom is 0.387 e. The van der Waals surface area contributed by atoms with Crippen LogP contribution in [0.5, 0.6) is 11.5 Å². The average molecular weight is 295 g/mol. The molecule has 0 aliphatic carbocycles. The molecule has 6 heteroatoms. The monoisotopic (exact) mass is 294 g/mol. The first-order chi connectivity index (χ1) is 7.52. The van der Waals surface area contributed by atoms with Crippen molar-refractivity contribution in [1.29, 1.82) is 0 Å². The third-order valence-corrected chi connectivity index (χ3v) is 2.42. The van der Waals surface area contributed by atoms with Crippen molar-refractivity contribution in [3.8, 4) is 11.5 Å². The number of carbonyl (C=O) groups excluding carboxylic acids is 1. The molecule has 1 aromatic rings. The summed E-state index contributed by atoms with van der Waals surface area (Å²) < 4.78 is 28.0. The lowest BCUT2D eigenvalue weighted by Gasteiger charge is -2.08. The number of aromatic hydroxyl groups is 1. The second-order valence-electron chi connectivity index (χ2n) is 3.03. The van der Waals surface area contributed by atoms with Crippen molar-refractivity contribution >= 4 is 21.7 Å². The van der Waals surface area contributed by atoms with Gasteiger partial charge >= 0.3 is 6.61 Å². The number of carbonyl (C=O) groups is 1. The van der Waals surface area contributed by atoms with Gasteiger partial charge in [-0.2, -0.15) is 8.78 Å². The van der Waals surface area contributed by atoms with Gasteiger partial charge in [0.25, 0.3) is 0 Å². The Bertz CT molecular complexity index is 382. The van der Waals surface area contributed by atoms with E-state index in [9.17, 15) is 18.7 Å². The molecule has 88 valence electrons. The second-order valence-corrected chi connectivity index (χ2v) is 3.59. The highest BCUT2D eigenvalue weighted by Crippen LogP contribution is 2.28. The Hall–Kier alpha value is -1.17. The van der Waals surface area contributed by atoms with Crippen molar-refractivity contribution in [1.82, 2.24) is 0 Å². The highest BCUT2D eigenvalue weighted by molar-refractivity contribution is 9.09. The first-order valence-electron chi connectivity index (χ1n) is 4.37. The predicted molar refractivity (Wildman–Crippen MR) is 57.2 cm³/mol. The fourth-order valence-electron chi connectivity index (χ4n) is 1.13. The van der Waals surface area contributed by atoms with E-state index in [1.54, 1.807) is 0 Å². The van der Waals surface area contributed by atoms with E-state index in [2.05, 4.69) is 20.7 Å². The van der Waals surface area contributed by atoms with E-state index in [1.807, 2.05) is 0 Å². The molecule has 0 heterocycles. The molecule has 0 saturated carbocycles. The number of alkyl halides is 3. The number of halogens is 3. The topological polar surface area (TPSA) is 46.5 Å². The van der Waals surface area contributed by atoms with E-state index in [0.717, 1.165) is 0 Å². The fraction of sp³-hybridized carbons (Fsp3) is 0.300. The van der Waals surface area contributed by atoms with Gasteiger partial charge in [0.1, 0.15) is 5.78 Å². The molecular weight excluding hydrogens is 286 g/mol. The Morgan fingerprint density at radius 2 is 2.19 bits per heavy atom. The Kier molecular flexibility index (Phi) is 4.67. The van der Waals surface area contributed by atoms with Gasteiger partial charge in [0.2, 0.25) is 0 Å². The van der Waals surface area contributed by atoms with Crippen LogP contribution < -0.4 is 4.74 Å². The van der Waals surface area contributed by atoms with Gasteiger partial charge in [-0.1, -0.05) is 22.0 Å². The molecule has 0 fully saturated rings. The van der Waals surface area contributed by atoms with E-state index < -0.39 is 6.61 Å². The number of phenolic OH excluding ortho intramolecular Hbond substituents is 1. The van der Waals surface area contributed by atoms with Crippen molar-refractivity contribution < 1.29 is 23.4 Å². The molecule has 3 nitrogen and oxygen atoms in total. The van der Waals surface area contributed by atoms with Crippen LogP contribution in [0.3, 0.4) is 0 Å². The highest BCUT2D eigenvalue weighted by atomic mass is 79.9. The number of ketones is 1. The van der Waals surface area contributed by atoms with Crippen molar-refractivity contribution in [3.63, 3.8) is 0 Å². The molecular formula is C10H9BrF2O3. The minimum atomic E-state index is -3.01. The Morgan fingerprint density at radius 1 is 1.50 bits per heavy atom. The summed E-state index contributed by atoms with van der Waals surface area (Å²) in [5, 5.41) is 9.42. The first-order valence-corrected chi connectivity index (χ1v) is 5.49. The standard InChI is InChI=1S/C10H9BrF2O3/c11-5-7(14)3-6-1-2-8(15)9(4-6)16-10(12)13/h1-2,4,10,15H,3,5H2. The summed E-state index contributed by atoms with van der Waals surface area (Å²) in [6.45, 7) is -3.01. The average Bonchev–Trinajstić information content (AvgIpc) is 2.22. The maximum absolute atomic E-state index is 12.0. The Morgan fingerprint density at radius 3 is 2.75 bits per heavy atom. The van der Waals surface area contributed by atoms with Gasteiger partial charge in [0.05, 0.1) is 5.33 Å². The number of hydrogen-bond acceptors (Lipinski definition) is 3. The Balaban J connectivity index is 2.84. The van der Waals surface area contributed by atoms with Crippen LogP contribution >= 0.6 is 15.9 Å². The summed E-state index contributed by atoms with van der Waals surface area (Å²) in [6.07, 6.45) is 0.102. The smallest absolute Gasteiger partial charge is 0.387 e. The summed E-state index contributed by atoms with van der Waals surface area (Å²) in [5.41, 5.74) is 0.512. The predicted octanol–water partition coefficient (Wildman–Crippen LogP) is 2.50. The summed E-state index contributed by atoms with van der Waals surface area (Å²) in [6, 6.07) is 3.92. The van der Waals surface area contributed by atoms with Crippen molar-refractivity contribution in [2.75, 3.05) is 5.33 Å². The van der Waals surface area contributed by atoms with E-state index in [0.29, 0.717) is 5.56 Å². The van der Waals surface area contributed by atoms with Gasteiger partial charge in [-0.15, -0.1) is 0 Å². The largest absolute Gasteiger partial charge is 0.504 e. The molecule has 1 aromatic carbocycles. The molecule has 0 saturated heterocycles. The molecule has 0 aromatic heterocycles. The molecule has 16 heavy (non-hydrogen) atoms. The lowest BCUT2D eigenvalue weighted by molar-refractivity contribution is -0.115. The molecule has 0 aliphatic heterocycles. The van der Waals surface area contributed by atoms with Crippen LogP contribution in [0.1, 0.15) is 5.56 Å². The van der Waals surface area contributed by atoms with Gasteiger partial charge in [-0.3, -0.25) is 4.79 Å². The molecule has 0 bridgehead atoms. The highest BCUT2D eigenvalue weighted by Gasteiger charge is 2.11. The maximum atomic E-state index is 12.0.